The Morgan fingerprint density at radius 3 is 2.73 bits per heavy atom. The molecule has 2 aromatic rings. The summed E-state index contributed by atoms with van der Waals surface area (Å²) in [4.78, 5) is 14.4. The quantitative estimate of drug-likeness (QED) is 0.943. The predicted octanol–water partition coefficient (Wildman–Crippen LogP) is 3.46. The van der Waals surface area contributed by atoms with E-state index in [-0.39, 0.29) is 5.91 Å². The minimum Gasteiger partial charge on any atom is -0.494 e. The van der Waals surface area contributed by atoms with Crippen LogP contribution in [0.15, 0.2) is 48.5 Å². The minimum atomic E-state index is -0.613. The van der Waals surface area contributed by atoms with E-state index in [0.717, 1.165) is 17.0 Å². The summed E-state index contributed by atoms with van der Waals surface area (Å²) in [5.41, 5.74) is 1.93. The Balaban J connectivity index is 2.06. The van der Waals surface area contributed by atoms with Crippen molar-refractivity contribution in [2.45, 2.75) is 19.5 Å². The summed E-state index contributed by atoms with van der Waals surface area (Å²) in [7, 11) is 1.82. The minimum absolute atomic E-state index is 0.0127. The molecular formula is C18H20N2O2. The van der Waals surface area contributed by atoms with Crippen molar-refractivity contribution in [2.75, 3.05) is 19.0 Å². The molecule has 1 aliphatic heterocycles. The van der Waals surface area contributed by atoms with Crippen LogP contribution < -0.4 is 10.1 Å². The molecule has 4 nitrogen and oxygen atoms in total. The number of carbonyl (C=O) groups is 1. The molecule has 4 heteroatoms. The molecule has 0 aliphatic carbocycles. The Morgan fingerprint density at radius 1 is 1.18 bits per heavy atom. The van der Waals surface area contributed by atoms with Crippen LogP contribution >= 0.6 is 0 Å². The summed E-state index contributed by atoms with van der Waals surface area (Å²) < 4.78 is 5.58. The highest BCUT2D eigenvalue weighted by atomic mass is 16.5. The van der Waals surface area contributed by atoms with Gasteiger partial charge < -0.3 is 15.0 Å². The number of nitrogens with one attached hydrogen (secondary N) is 1. The number of fused-ring (bicyclic) bond motifs is 1. The fourth-order valence-corrected chi connectivity index (χ4v) is 2.83. The molecule has 0 aromatic heterocycles. The van der Waals surface area contributed by atoms with Crippen LogP contribution in [0.25, 0.3) is 0 Å². The maximum atomic E-state index is 12.7. The Bertz CT molecular complexity index is 714. The number of ether oxygens (including phenoxy) is 1. The van der Waals surface area contributed by atoms with Gasteiger partial charge in [0.25, 0.3) is 5.91 Å². The van der Waals surface area contributed by atoms with Crippen molar-refractivity contribution in [1.82, 2.24) is 4.90 Å². The van der Waals surface area contributed by atoms with Crippen LogP contribution in [0.3, 0.4) is 0 Å². The van der Waals surface area contributed by atoms with Gasteiger partial charge in [0.2, 0.25) is 0 Å². The highest BCUT2D eigenvalue weighted by Crippen LogP contribution is 2.37. The number of benzene rings is 2. The standard InChI is InChI=1S/C18H20N2O2/c1-4-22-14-9-7-8-13(12-14)18(2)19-16-11-6-5-10-15(16)17(21)20(18)3/h5-12,19H,4H2,1-3H3. The number of para-hydroxylation sites is 1. The first-order valence-corrected chi connectivity index (χ1v) is 7.45. The van der Waals surface area contributed by atoms with Crippen LogP contribution in [0, 0.1) is 0 Å². The monoisotopic (exact) mass is 296 g/mol. The zero-order valence-electron chi connectivity index (χ0n) is 13.1. The van der Waals surface area contributed by atoms with Crippen molar-refractivity contribution in [3.63, 3.8) is 0 Å². The SMILES string of the molecule is CCOc1cccc(C2(C)Nc3ccccc3C(=O)N2C)c1. The Hall–Kier alpha value is -2.49. The lowest BCUT2D eigenvalue weighted by Gasteiger charge is -2.44. The molecule has 3 rings (SSSR count). The van der Waals surface area contributed by atoms with Gasteiger partial charge in [-0.1, -0.05) is 24.3 Å². The molecule has 0 saturated heterocycles. The van der Waals surface area contributed by atoms with Crippen molar-refractivity contribution < 1.29 is 9.53 Å². The lowest BCUT2D eigenvalue weighted by atomic mass is 9.94. The van der Waals surface area contributed by atoms with Gasteiger partial charge in [-0.3, -0.25) is 4.79 Å². The first kappa shape index (κ1) is 14.4. The fourth-order valence-electron chi connectivity index (χ4n) is 2.83. The molecule has 1 atom stereocenters. The molecule has 114 valence electrons. The van der Waals surface area contributed by atoms with Gasteiger partial charge in [-0.25, -0.2) is 0 Å². The van der Waals surface area contributed by atoms with E-state index in [1.807, 2.05) is 69.4 Å². The number of amides is 1. The van der Waals surface area contributed by atoms with Gasteiger partial charge in [0.05, 0.1) is 12.2 Å². The third-order valence-corrected chi connectivity index (χ3v) is 4.22. The summed E-state index contributed by atoms with van der Waals surface area (Å²) in [5, 5.41) is 3.49. The summed E-state index contributed by atoms with van der Waals surface area (Å²) >= 11 is 0. The largest absolute Gasteiger partial charge is 0.494 e. The van der Waals surface area contributed by atoms with Crippen molar-refractivity contribution in [2.24, 2.45) is 0 Å². The smallest absolute Gasteiger partial charge is 0.257 e. The zero-order valence-corrected chi connectivity index (χ0v) is 13.1. The Morgan fingerprint density at radius 2 is 1.95 bits per heavy atom. The molecule has 1 unspecified atom stereocenters. The van der Waals surface area contributed by atoms with E-state index in [1.54, 1.807) is 4.90 Å². The number of rotatable bonds is 3. The van der Waals surface area contributed by atoms with Crippen LogP contribution in [-0.4, -0.2) is 24.5 Å². The summed E-state index contributed by atoms with van der Waals surface area (Å²) in [5.74, 6) is 0.821. The van der Waals surface area contributed by atoms with E-state index in [4.69, 9.17) is 4.74 Å². The first-order valence-electron chi connectivity index (χ1n) is 7.45. The van der Waals surface area contributed by atoms with E-state index in [9.17, 15) is 4.79 Å². The molecule has 1 heterocycles. The van der Waals surface area contributed by atoms with Gasteiger partial charge in [-0.05, 0) is 38.1 Å². The van der Waals surface area contributed by atoms with Crippen LogP contribution in [0.1, 0.15) is 29.8 Å². The van der Waals surface area contributed by atoms with E-state index in [0.29, 0.717) is 12.2 Å². The van der Waals surface area contributed by atoms with Gasteiger partial charge >= 0.3 is 0 Å². The van der Waals surface area contributed by atoms with Gasteiger partial charge in [-0.15, -0.1) is 0 Å². The predicted molar refractivity (Wildman–Crippen MR) is 87.1 cm³/mol. The second kappa shape index (κ2) is 5.37. The Kier molecular flexibility index (Phi) is 3.53. The highest BCUT2D eigenvalue weighted by molar-refractivity contribution is 6.02. The normalized spacial score (nSPS) is 20.3. The average molecular weight is 296 g/mol. The van der Waals surface area contributed by atoms with Gasteiger partial charge in [0.1, 0.15) is 11.4 Å². The van der Waals surface area contributed by atoms with Crippen LogP contribution in [0.5, 0.6) is 5.75 Å². The van der Waals surface area contributed by atoms with Crippen LogP contribution in [-0.2, 0) is 5.66 Å². The maximum Gasteiger partial charge on any atom is 0.257 e. The molecule has 0 spiro atoms. The first-order chi connectivity index (χ1) is 10.6. The summed E-state index contributed by atoms with van der Waals surface area (Å²) in [6.45, 7) is 4.58. The fraction of sp³-hybridized carbons (Fsp3) is 0.278. The van der Waals surface area contributed by atoms with Crippen LogP contribution in [0.2, 0.25) is 0 Å². The van der Waals surface area contributed by atoms with Crippen LogP contribution in [0.4, 0.5) is 5.69 Å². The zero-order chi connectivity index (χ0) is 15.7. The van der Waals surface area contributed by atoms with E-state index < -0.39 is 5.66 Å². The molecule has 2 aromatic carbocycles. The molecule has 22 heavy (non-hydrogen) atoms. The average Bonchev–Trinajstić information content (AvgIpc) is 2.53. The van der Waals surface area contributed by atoms with Crippen molar-refractivity contribution in [3.05, 3.63) is 59.7 Å². The van der Waals surface area contributed by atoms with Crippen molar-refractivity contribution in [3.8, 4) is 5.75 Å². The van der Waals surface area contributed by atoms with Gasteiger partial charge in [0.15, 0.2) is 0 Å². The molecule has 1 aliphatic rings. The summed E-state index contributed by atoms with van der Waals surface area (Å²) in [6.07, 6.45) is 0. The lowest BCUT2D eigenvalue weighted by molar-refractivity contribution is 0.0615. The highest BCUT2D eigenvalue weighted by Gasteiger charge is 2.40. The van der Waals surface area contributed by atoms with Crippen molar-refractivity contribution >= 4 is 11.6 Å². The number of nitrogens with zero attached hydrogens (tertiary/aromatic N) is 1. The lowest BCUT2D eigenvalue weighted by Crippen LogP contribution is -2.53. The van der Waals surface area contributed by atoms with Crippen molar-refractivity contribution in [1.29, 1.82) is 0 Å². The third kappa shape index (κ3) is 2.21. The third-order valence-electron chi connectivity index (χ3n) is 4.22. The summed E-state index contributed by atoms with van der Waals surface area (Å²) in [6, 6.07) is 15.5. The molecule has 1 amide bonds. The van der Waals surface area contributed by atoms with Gasteiger partial charge in [0, 0.05) is 18.3 Å². The number of hydrogen-bond acceptors (Lipinski definition) is 3. The second-order valence-corrected chi connectivity index (χ2v) is 5.57. The van der Waals surface area contributed by atoms with E-state index in [1.165, 1.54) is 0 Å². The molecule has 0 radical (unpaired) electrons. The molecule has 0 saturated carbocycles. The topological polar surface area (TPSA) is 41.6 Å². The van der Waals surface area contributed by atoms with Gasteiger partial charge in [-0.2, -0.15) is 0 Å². The molecular weight excluding hydrogens is 276 g/mol. The maximum absolute atomic E-state index is 12.7. The molecule has 1 N–H and O–H groups in total. The molecule has 0 bridgehead atoms. The molecule has 0 fully saturated rings. The van der Waals surface area contributed by atoms with E-state index in [2.05, 4.69) is 5.32 Å². The second-order valence-electron chi connectivity index (χ2n) is 5.57. The number of anilines is 1. The van der Waals surface area contributed by atoms with E-state index >= 15 is 0 Å². The number of carbonyl (C=O) groups excluding carboxylic acids is 1. The Labute approximate surface area is 130 Å². The number of hydrogen-bond donors (Lipinski definition) is 1.